The van der Waals surface area contributed by atoms with Gasteiger partial charge in [0.1, 0.15) is 12.3 Å². The van der Waals surface area contributed by atoms with Gasteiger partial charge < -0.3 is 14.6 Å². The Hall–Kier alpha value is -4.81. The topological polar surface area (TPSA) is 104 Å². The Morgan fingerprint density at radius 1 is 1.05 bits per heavy atom. The van der Waals surface area contributed by atoms with E-state index in [1.165, 1.54) is 0 Å². The number of aromatic nitrogens is 1. The van der Waals surface area contributed by atoms with Gasteiger partial charge in [0.25, 0.3) is 11.1 Å². The van der Waals surface area contributed by atoms with Gasteiger partial charge in [-0.2, -0.15) is 5.26 Å². The highest BCUT2D eigenvalue weighted by atomic mass is 32.2. The third-order valence-electron chi connectivity index (χ3n) is 6.65. The van der Waals surface area contributed by atoms with E-state index >= 15 is 0 Å². The van der Waals surface area contributed by atoms with Crippen LogP contribution in [-0.4, -0.2) is 39.7 Å². The Labute approximate surface area is 235 Å². The lowest BCUT2D eigenvalue weighted by Gasteiger charge is -2.12. The molecule has 5 rings (SSSR count). The molecular weight excluding hydrogens is 524 g/mol. The number of rotatable bonds is 8. The summed E-state index contributed by atoms with van der Waals surface area (Å²) in [6.07, 6.45) is 1.72. The van der Waals surface area contributed by atoms with Gasteiger partial charge in [-0.3, -0.25) is 19.3 Å². The van der Waals surface area contributed by atoms with Crippen molar-refractivity contribution in [1.29, 1.82) is 5.26 Å². The monoisotopic (exact) mass is 550 g/mol. The van der Waals surface area contributed by atoms with E-state index in [0.717, 1.165) is 44.4 Å². The van der Waals surface area contributed by atoms with E-state index in [-0.39, 0.29) is 11.4 Å². The Bertz CT molecular complexity index is 1700. The number of amides is 3. The lowest BCUT2D eigenvalue weighted by molar-refractivity contribution is -0.127. The molecular formula is C31H26N4O4S. The fourth-order valence-electron chi connectivity index (χ4n) is 4.69. The fourth-order valence-corrected chi connectivity index (χ4v) is 5.51. The number of hydrogen-bond acceptors (Lipinski definition) is 6. The van der Waals surface area contributed by atoms with Crippen LogP contribution in [0.15, 0.2) is 77.7 Å². The molecule has 4 aromatic rings. The molecule has 8 nitrogen and oxygen atoms in total. The van der Waals surface area contributed by atoms with E-state index in [1.54, 1.807) is 36.4 Å². The minimum Gasteiger partial charge on any atom is -0.494 e. The molecule has 0 radical (unpaired) electrons. The third-order valence-corrected chi connectivity index (χ3v) is 7.55. The highest BCUT2D eigenvalue weighted by Crippen LogP contribution is 2.36. The molecule has 3 amide bonds. The summed E-state index contributed by atoms with van der Waals surface area (Å²) in [6.45, 7) is 4.47. The summed E-state index contributed by atoms with van der Waals surface area (Å²) in [5.41, 5.74) is 4.69. The molecule has 1 aromatic heterocycles. The van der Waals surface area contributed by atoms with E-state index in [1.807, 2.05) is 56.3 Å². The number of nitrogens with zero attached hydrogens (tertiary/aromatic N) is 3. The van der Waals surface area contributed by atoms with Crippen LogP contribution in [0, 0.1) is 18.3 Å². The molecule has 40 heavy (non-hydrogen) atoms. The lowest BCUT2D eigenvalue weighted by Crippen LogP contribution is -2.36. The number of imide groups is 1. The zero-order chi connectivity index (χ0) is 28.2. The van der Waals surface area contributed by atoms with E-state index in [0.29, 0.717) is 30.2 Å². The molecule has 0 saturated carbocycles. The molecule has 0 unspecified atom stereocenters. The smallest absolute Gasteiger partial charge is 0.294 e. The second-order valence-corrected chi connectivity index (χ2v) is 10.1. The quantitative estimate of drug-likeness (QED) is 0.272. The van der Waals surface area contributed by atoms with Crippen LogP contribution >= 0.6 is 11.8 Å². The van der Waals surface area contributed by atoms with Gasteiger partial charge in [0.15, 0.2) is 0 Å². The SMILES string of the molecule is CCOc1ccc(NC(=O)CN2C(=O)S/C(=C/c3c(C)n(Cc4ccccc4C#N)c4ccccc34)C2=O)cc1. The Kier molecular flexibility index (Phi) is 7.71. The van der Waals surface area contributed by atoms with E-state index < -0.39 is 17.1 Å². The van der Waals surface area contributed by atoms with Crippen LogP contribution in [-0.2, 0) is 16.1 Å². The molecule has 0 bridgehead atoms. The van der Waals surface area contributed by atoms with Gasteiger partial charge in [-0.25, -0.2) is 0 Å². The highest BCUT2D eigenvalue weighted by molar-refractivity contribution is 8.18. The summed E-state index contributed by atoms with van der Waals surface area (Å²) in [7, 11) is 0. The fraction of sp³-hybridized carbons (Fsp3) is 0.161. The van der Waals surface area contributed by atoms with Gasteiger partial charge in [0.05, 0.1) is 23.1 Å². The summed E-state index contributed by atoms with van der Waals surface area (Å²) < 4.78 is 7.51. The molecule has 1 aliphatic heterocycles. The molecule has 200 valence electrons. The van der Waals surface area contributed by atoms with Crippen molar-refractivity contribution in [1.82, 2.24) is 9.47 Å². The van der Waals surface area contributed by atoms with Gasteiger partial charge in [-0.05, 0) is 73.6 Å². The molecule has 0 aliphatic carbocycles. The van der Waals surface area contributed by atoms with Gasteiger partial charge in [-0.15, -0.1) is 0 Å². The number of nitriles is 1. The second-order valence-electron chi connectivity index (χ2n) is 9.14. The maximum Gasteiger partial charge on any atom is 0.294 e. The normalized spacial score (nSPS) is 14.1. The molecule has 2 heterocycles. The molecule has 3 aromatic carbocycles. The van der Waals surface area contributed by atoms with E-state index in [4.69, 9.17) is 4.74 Å². The van der Waals surface area contributed by atoms with Gasteiger partial charge >= 0.3 is 0 Å². The zero-order valence-electron chi connectivity index (χ0n) is 22.0. The van der Waals surface area contributed by atoms with Crippen molar-refractivity contribution in [2.24, 2.45) is 0 Å². The lowest BCUT2D eigenvalue weighted by atomic mass is 10.1. The first kappa shape index (κ1) is 26.8. The van der Waals surface area contributed by atoms with Crippen molar-refractivity contribution >= 4 is 51.5 Å². The Morgan fingerprint density at radius 2 is 1.77 bits per heavy atom. The first-order valence-electron chi connectivity index (χ1n) is 12.7. The predicted molar refractivity (Wildman–Crippen MR) is 156 cm³/mol. The molecule has 1 saturated heterocycles. The number of anilines is 1. The summed E-state index contributed by atoms with van der Waals surface area (Å²) in [6, 6.07) is 24.4. The van der Waals surface area contributed by atoms with E-state index in [9.17, 15) is 19.6 Å². The average Bonchev–Trinajstić information content (AvgIpc) is 3.37. The second kappa shape index (κ2) is 11.5. The molecule has 9 heteroatoms. The van der Waals surface area contributed by atoms with Crippen LogP contribution in [0.1, 0.15) is 29.3 Å². The molecule has 0 atom stereocenters. The summed E-state index contributed by atoms with van der Waals surface area (Å²) in [5.74, 6) is -0.304. The zero-order valence-corrected chi connectivity index (χ0v) is 22.8. The van der Waals surface area contributed by atoms with Crippen molar-refractivity contribution < 1.29 is 19.1 Å². The largest absolute Gasteiger partial charge is 0.494 e. The summed E-state index contributed by atoms with van der Waals surface area (Å²) in [5, 5.41) is 12.7. The van der Waals surface area contributed by atoms with Crippen molar-refractivity contribution in [3.05, 3.63) is 100 Å². The minimum atomic E-state index is -0.511. The third kappa shape index (κ3) is 5.35. The Morgan fingerprint density at radius 3 is 2.52 bits per heavy atom. The standard InChI is InChI=1S/C31H26N4O4S/c1-3-39-24-14-12-23(13-15-24)33-29(36)19-35-30(37)28(40-31(35)38)16-26-20(2)34(27-11-7-6-10-25(26)27)18-22-9-5-4-8-21(22)17-32/h4-16H,3,18-19H2,1-2H3,(H,33,36)/b28-16+. The number of carbonyl (C=O) groups is 3. The predicted octanol–water partition coefficient (Wildman–Crippen LogP) is 5.94. The van der Waals surface area contributed by atoms with Crippen molar-refractivity contribution in [2.75, 3.05) is 18.5 Å². The number of para-hydroxylation sites is 1. The number of thioether (sulfide) groups is 1. The van der Waals surface area contributed by atoms with Gasteiger partial charge in [0, 0.05) is 34.4 Å². The van der Waals surface area contributed by atoms with Crippen LogP contribution in [0.2, 0.25) is 0 Å². The molecule has 1 fully saturated rings. The molecule has 1 N–H and O–H groups in total. The number of fused-ring (bicyclic) bond motifs is 1. The number of benzene rings is 3. The Balaban J connectivity index is 1.38. The minimum absolute atomic E-state index is 0.252. The van der Waals surface area contributed by atoms with Crippen LogP contribution in [0.4, 0.5) is 10.5 Å². The number of ether oxygens (including phenoxy) is 1. The van der Waals surface area contributed by atoms with E-state index in [2.05, 4.69) is 16.0 Å². The maximum atomic E-state index is 13.2. The average molecular weight is 551 g/mol. The maximum absolute atomic E-state index is 13.2. The van der Waals surface area contributed by atoms with Crippen molar-refractivity contribution in [2.45, 2.75) is 20.4 Å². The summed E-state index contributed by atoms with van der Waals surface area (Å²) in [4.78, 5) is 39.8. The van der Waals surface area contributed by atoms with Crippen LogP contribution in [0.25, 0.3) is 17.0 Å². The first-order valence-corrected chi connectivity index (χ1v) is 13.5. The number of carbonyl (C=O) groups excluding carboxylic acids is 3. The van der Waals surface area contributed by atoms with Crippen LogP contribution in [0.3, 0.4) is 0 Å². The van der Waals surface area contributed by atoms with Crippen LogP contribution in [0.5, 0.6) is 5.75 Å². The van der Waals surface area contributed by atoms with Crippen molar-refractivity contribution in [3.8, 4) is 11.8 Å². The molecule has 0 spiro atoms. The highest BCUT2D eigenvalue weighted by Gasteiger charge is 2.36. The first-order chi connectivity index (χ1) is 19.4. The molecule has 1 aliphatic rings. The van der Waals surface area contributed by atoms with Gasteiger partial charge in [-0.1, -0.05) is 36.4 Å². The summed E-state index contributed by atoms with van der Waals surface area (Å²) >= 11 is 0.819. The van der Waals surface area contributed by atoms with Crippen LogP contribution < -0.4 is 10.1 Å². The van der Waals surface area contributed by atoms with Crippen molar-refractivity contribution in [3.63, 3.8) is 0 Å². The number of nitrogens with one attached hydrogen (secondary N) is 1. The van der Waals surface area contributed by atoms with Gasteiger partial charge in [0.2, 0.25) is 5.91 Å². The number of hydrogen-bond donors (Lipinski definition) is 1.